The predicted molar refractivity (Wildman–Crippen MR) is 78.7 cm³/mol. The summed E-state index contributed by atoms with van der Waals surface area (Å²) >= 11 is 0. The molecular weight excluding hydrogens is 284 g/mol. The van der Waals surface area contributed by atoms with E-state index in [9.17, 15) is 14.7 Å². The molecule has 0 bridgehead atoms. The smallest absolute Gasteiger partial charge is 0.309 e. The van der Waals surface area contributed by atoms with Crippen LogP contribution in [-0.2, 0) is 19.1 Å². The molecule has 0 radical (unpaired) electrons. The molecule has 3 rings (SSSR count). The van der Waals surface area contributed by atoms with Gasteiger partial charge >= 0.3 is 11.9 Å². The third-order valence-corrected chi connectivity index (χ3v) is 6.36. The molecular formula is C17H26O5. The molecule has 5 heteroatoms. The van der Waals surface area contributed by atoms with Crippen molar-refractivity contribution in [2.24, 2.45) is 29.1 Å². The summed E-state index contributed by atoms with van der Waals surface area (Å²) in [5.74, 6) is 0.198. The molecule has 1 N–H and O–H groups in total. The average molecular weight is 310 g/mol. The van der Waals surface area contributed by atoms with Gasteiger partial charge in [-0.15, -0.1) is 0 Å². The quantitative estimate of drug-likeness (QED) is 0.789. The maximum atomic E-state index is 11.9. The van der Waals surface area contributed by atoms with E-state index in [1.807, 2.05) is 6.92 Å². The highest BCUT2D eigenvalue weighted by Gasteiger charge is 2.59. The van der Waals surface area contributed by atoms with Crippen LogP contribution in [0, 0.1) is 29.1 Å². The number of hydrogen-bond donors (Lipinski definition) is 1. The molecule has 3 aliphatic rings. The second-order valence-corrected chi connectivity index (χ2v) is 7.56. The van der Waals surface area contributed by atoms with Crippen LogP contribution in [0.2, 0.25) is 0 Å². The number of carbonyl (C=O) groups is 2. The lowest BCUT2D eigenvalue weighted by Crippen LogP contribution is -2.43. The number of esters is 2. The molecule has 0 aromatic carbocycles. The standard InChI is InChI=1S/C17H26O5/c1-9-6-14-12(10(2)16(20)22-14)7-17(8-21-11(3)18)13(9)4-5-15(17)19/h9-10,12-15,19H,4-8H2,1-3H3/t9-,10-,12+,13-,14+,15-,17+/m0/s1. The maximum Gasteiger partial charge on any atom is 0.309 e. The summed E-state index contributed by atoms with van der Waals surface area (Å²) in [5, 5.41) is 10.7. The molecule has 0 unspecified atom stereocenters. The van der Waals surface area contributed by atoms with Gasteiger partial charge in [0.25, 0.3) is 0 Å². The second kappa shape index (κ2) is 5.52. The van der Waals surface area contributed by atoms with E-state index in [-0.39, 0.29) is 36.5 Å². The van der Waals surface area contributed by atoms with Gasteiger partial charge in [0.15, 0.2) is 0 Å². The van der Waals surface area contributed by atoms with Crippen LogP contribution < -0.4 is 0 Å². The van der Waals surface area contributed by atoms with Gasteiger partial charge in [0, 0.05) is 18.3 Å². The van der Waals surface area contributed by atoms with E-state index in [4.69, 9.17) is 9.47 Å². The molecule has 0 aromatic rings. The molecule has 5 nitrogen and oxygen atoms in total. The number of rotatable bonds is 2. The third-order valence-electron chi connectivity index (χ3n) is 6.36. The highest BCUT2D eigenvalue weighted by molar-refractivity contribution is 5.74. The van der Waals surface area contributed by atoms with E-state index in [0.29, 0.717) is 18.3 Å². The summed E-state index contributed by atoms with van der Waals surface area (Å²) in [6.07, 6.45) is 2.72. The molecule has 3 fully saturated rings. The number of hydrogen-bond acceptors (Lipinski definition) is 5. The van der Waals surface area contributed by atoms with Crippen molar-refractivity contribution < 1.29 is 24.2 Å². The Morgan fingerprint density at radius 1 is 1.41 bits per heavy atom. The number of fused-ring (bicyclic) bond motifs is 2. The summed E-state index contributed by atoms with van der Waals surface area (Å²) in [5.41, 5.74) is -0.424. The van der Waals surface area contributed by atoms with E-state index in [1.54, 1.807) is 0 Å². The monoisotopic (exact) mass is 310 g/mol. The van der Waals surface area contributed by atoms with E-state index < -0.39 is 11.5 Å². The highest BCUT2D eigenvalue weighted by atomic mass is 16.6. The fourth-order valence-corrected chi connectivity index (χ4v) is 5.14. The first-order chi connectivity index (χ1) is 10.3. The Bertz CT molecular complexity index is 476. The first-order valence-electron chi connectivity index (χ1n) is 8.37. The van der Waals surface area contributed by atoms with E-state index in [1.165, 1.54) is 6.92 Å². The van der Waals surface area contributed by atoms with Crippen LogP contribution >= 0.6 is 0 Å². The Labute approximate surface area is 131 Å². The lowest BCUT2D eigenvalue weighted by atomic mass is 9.68. The maximum absolute atomic E-state index is 11.9. The zero-order chi connectivity index (χ0) is 16.1. The first kappa shape index (κ1) is 15.8. The molecule has 0 amide bonds. The van der Waals surface area contributed by atoms with Crippen LogP contribution in [0.4, 0.5) is 0 Å². The van der Waals surface area contributed by atoms with Gasteiger partial charge in [-0.25, -0.2) is 0 Å². The minimum absolute atomic E-state index is 0.0514. The van der Waals surface area contributed by atoms with Crippen LogP contribution in [-0.4, -0.2) is 35.9 Å². The summed E-state index contributed by atoms with van der Waals surface area (Å²) in [7, 11) is 0. The fraction of sp³-hybridized carbons (Fsp3) is 0.882. The normalized spacial score (nSPS) is 47.4. The molecule has 2 saturated carbocycles. The van der Waals surface area contributed by atoms with Gasteiger partial charge in [-0.05, 0) is 37.5 Å². The van der Waals surface area contributed by atoms with Crippen molar-refractivity contribution in [3.63, 3.8) is 0 Å². The van der Waals surface area contributed by atoms with Gasteiger partial charge in [0.2, 0.25) is 0 Å². The Kier molecular flexibility index (Phi) is 3.96. The average Bonchev–Trinajstić information content (AvgIpc) is 2.85. The first-order valence-corrected chi connectivity index (χ1v) is 8.37. The van der Waals surface area contributed by atoms with Gasteiger partial charge in [0.05, 0.1) is 18.6 Å². The van der Waals surface area contributed by atoms with E-state index in [2.05, 4.69) is 6.92 Å². The molecule has 0 spiro atoms. The molecule has 22 heavy (non-hydrogen) atoms. The minimum Gasteiger partial charge on any atom is -0.465 e. The lowest BCUT2D eigenvalue weighted by molar-refractivity contribution is -0.151. The molecule has 0 aromatic heterocycles. The Morgan fingerprint density at radius 2 is 2.14 bits per heavy atom. The van der Waals surface area contributed by atoms with Crippen molar-refractivity contribution in [3.05, 3.63) is 0 Å². The molecule has 2 aliphatic carbocycles. The highest BCUT2D eigenvalue weighted by Crippen LogP contribution is 2.57. The molecule has 124 valence electrons. The lowest BCUT2D eigenvalue weighted by Gasteiger charge is -2.40. The summed E-state index contributed by atoms with van der Waals surface area (Å²) in [6, 6.07) is 0. The van der Waals surface area contributed by atoms with Crippen molar-refractivity contribution in [3.8, 4) is 0 Å². The summed E-state index contributed by atoms with van der Waals surface area (Å²) in [6.45, 7) is 5.74. The summed E-state index contributed by atoms with van der Waals surface area (Å²) in [4.78, 5) is 23.2. The second-order valence-electron chi connectivity index (χ2n) is 7.56. The van der Waals surface area contributed by atoms with E-state index >= 15 is 0 Å². The number of ether oxygens (including phenoxy) is 2. The van der Waals surface area contributed by atoms with Gasteiger partial charge in [0.1, 0.15) is 6.10 Å². The Balaban J connectivity index is 1.93. The van der Waals surface area contributed by atoms with Crippen LogP contribution in [0.15, 0.2) is 0 Å². The Hall–Kier alpha value is -1.10. The van der Waals surface area contributed by atoms with Crippen LogP contribution in [0.25, 0.3) is 0 Å². The van der Waals surface area contributed by atoms with Gasteiger partial charge in [-0.1, -0.05) is 13.8 Å². The molecule has 1 aliphatic heterocycles. The zero-order valence-corrected chi connectivity index (χ0v) is 13.6. The van der Waals surface area contributed by atoms with E-state index in [0.717, 1.165) is 19.3 Å². The summed E-state index contributed by atoms with van der Waals surface area (Å²) < 4.78 is 10.9. The van der Waals surface area contributed by atoms with Crippen molar-refractivity contribution in [2.75, 3.05) is 6.61 Å². The number of carbonyl (C=O) groups excluding carboxylic acids is 2. The Morgan fingerprint density at radius 3 is 2.82 bits per heavy atom. The van der Waals surface area contributed by atoms with Gasteiger partial charge in [-0.2, -0.15) is 0 Å². The van der Waals surface area contributed by atoms with Crippen molar-refractivity contribution in [1.29, 1.82) is 0 Å². The molecule has 7 atom stereocenters. The number of aliphatic hydroxyl groups excluding tert-OH is 1. The van der Waals surface area contributed by atoms with Crippen LogP contribution in [0.1, 0.15) is 46.5 Å². The zero-order valence-electron chi connectivity index (χ0n) is 13.6. The van der Waals surface area contributed by atoms with Crippen molar-refractivity contribution in [1.82, 2.24) is 0 Å². The van der Waals surface area contributed by atoms with Gasteiger partial charge in [-0.3, -0.25) is 9.59 Å². The minimum atomic E-state index is -0.471. The topological polar surface area (TPSA) is 72.8 Å². The molecule has 1 saturated heterocycles. The SMILES string of the molecule is CC(=O)OC[C@]12C[C@@H]3[C@H](C)C(=O)O[C@@H]3C[C@H](C)[C@@H]1CC[C@@H]2O. The van der Waals surface area contributed by atoms with Crippen LogP contribution in [0.5, 0.6) is 0 Å². The van der Waals surface area contributed by atoms with Crippen molar-refractivity contribution >= 4 is 11.9 Å². The largest absolute Gasteiger partial charge is 0.465 e. The third kappa shape index (κ3) is 2.34. The predicted octanol–water partition coefficient (Wildman–Crippen LogP) is 1.91. The van der Waals surface area contributed by atoms with Gasteiger partial charge < -0.3 is 14.6 Å². The fourth-order valence-electron chi connectivity index (χ4n) is 5.14. The van der Waals surface area contributed by atoms with Crippen LogP contribution in [0.3, 0.4) is 0 Å². The number of aliphatic hydroxyl groups is 1. The molecule has 1 heterocycles. The van der Waals surface area contributed by atoms with Crippen molar-refractivity contribution in [2.45, 2.75) is 58.7 Å².